The van der Waals surface area contributed by atoms with Gasteiger partial charge >= 0.3 is 0 Å². The summed E-state index contributed by atoms with van der Waals surface area (Å²) in [5.74, 6) is 4.86. The van der Waals surface area contributed by atoms with E-state index in [9.17, 15) is 0 Å². The molecule has 4 unspecified atom stereocenters. The van der Waals surface area contributed by atoms with E-state index in [1.165, 1.54) is 97.5 Å². The molecule has 0 spiro atoms. The molecule has 0 N–H and O–H groups in total. The third-order valence-corrected chi connectivity index (χ3v) is 16.2. The average molecular weight is 703 g/mol. The molecule has 6 aromatic heterocycles. The minimum absolute atomic E-state index is 0.0322. The van der Waals surface area contributed by atoms with E-state index >= 15 is 9.59 Å². The summed E-state index contributed by atoms with van der Waals surface area (Å²) >= 11 is 0. The van der Waals surface area contributed by atoms with Crippen molar-refractivity contribution in [1.82, 2.24) is 18.8 Å². The predicted octanol–water partition coefficient (Wildman–Crippen LogP) is 10.3. The molecule has 6 nitrogen and oxygen atoms in total. The molecule has 9 aromatic rings. The lowest BCUT2D eigenvalue weighted by molar-refractivity contribution is 0.165. The lowest BCUT2D eigenvalue weighted by Crippen LogP contribution is -2.25. The first-order chi connectivity index (χ1) is 26.6. The zero-order chi connectivity index (χ0) is 34.9. The summed E-state index contributed by atoms with van der Waals surface area (Å²) in [4.78, 5) is 41.8. The van der Waals surface area contributed by atoms with Gasteiger partial charge in [-0.2, -0.15) is 0 Å². The normalized spacial score (nSPS) is 29.6. The van der Waals surface area contributed by atoms with Crippen LogP contribution in [-0.2, 0) is 0 Å². The average Bonchev–Trinajstić information content (AvgIpc) is 3.57. The fourth-order valence-electron chi connectivity index (χ4n) is 14.9. The summed E-state index contributed by atoms with van der Waals surface area (Å²) in [5.41, 5.74) is 11.2. The Morgan fingerprint density at radius 1 is 0.426 bits per heavy atom. The van der Waals surface area contributed by atoms with Crippen LogP contribution in [0.25, 0.3) is 76.2 Å². The fourth-order valence-corrected chi connectivity index (χ4v) is 14.9. The maximum atomic E-state index is 15.5. The monoisotopic (exact) mass is 702 g/mol. The Kier molecular flexibility index (Phi) is 4.84. The molecule has 3 aromatic carbocycles. The predicted molar refractivity (Wildman–Crippen MR) is 215 cm³/mol. The molecule has 0 aliphatic heterocycles. The van der Waals surface area contributed by atoms with Gasteiger partial charge in [0.25, 0.3) is 0 Å². The lowest BCUT2D eigenvalue weighted by Gasteiger charge is -2.38. The number of para-hydroxylation sites is 2. The van der Waals surface area contributed by atoms with Crippen LogP contribution in [0.4, 0.5) is 0 Å². The molecule has 0 saturated heterocycles. The van der Waals surface area contributed by atoms with Crippen molar-refractivity contribution in [2.45, 2.75) is 87.9 Å². The van der Waals surface area contributed by atoms with E-state index < -0.39 is 0 Å². The molecule has 0 radical (unpaired) electrons. The van der Waals surface area contributed by atoms with E-state index in [0.29, 0.717) is 45.2 Å². The van der Waals surface area contributed by atoms with Crippen molar-refractivity contribution in [1.29, 1.82) is 0 Å². The Hall–Kier alpha value is -5.10. The minimum atomic E-state index is 0.0322. The number of hydrogen-bond donors (Lipinski definition) is 0. The van der Waals surface area contributed by atoms with Crippen molar-refractivity contribution >= 4 is 76.2 Å². The first-order valence-corrected chi connectivity index (χ1v) is 20.8. The Labute approximate surface area is 309 Å². The highest BCUT2D eigenvalue weighted by atomic mass is 16.1. The molecule has 6 heteroatoms. The first-order valence-electron chi connectivity index (χ1n) is 20.8. The molecular formula is C48H38N4O2. The van der Waals surface area contributed by atoms with Crippen LogP contribution < -0.4 is 10.9 Å². The van der Waals surface area contributed by atoms with Gasteiger partial charge in [-0.3, -0.25) is 19.6 Å². The van der Waals surface area contributed by atoms with Crippen molar-refractivity contribution in [2.75, 3.05) is 0 Å². The Morgan fingerprint density at radius 3 is 1.28 bits per heavy atom. The quantitative estimate of drug-likeness (QED) is 0.117. The Morgan fingerprint density at radius 2 is 0.815 bits per heavy atom. The molecule has 4 fully saturated rings. The zero-order valence-electron chi connectivity index (χ0n) is 30.1. The topological polar surface area (TPSA) is 68.7 Å². The van der Waals surface area contributed by atoms with Crippen LogP contribution in [0.3, 0.4) is 0 Å². The number of nitrogens with zero attached hydrogens (tertiary/aromatic N) is 4. The maximum Gasteiger partial charge on any atom is 0.197 e. The Balaban J connectivity index is 1.28. The van der Waals surface area contributed by atoms with Gasteiger partial charge in [-0.05, 0) is 135 Å². The maximum absolute atomic E-state index is 15.5. The summed E-state index contributed by atoms with van der Waals surface area (Å²) in [5, 5.41) is 7.39. The Bertz CT molecular complexity index is 3120. The van der Waals surface area contributed by atoms with Gasteiger partial charge in [0.05, 0.1) is 56.3 Å². The van der Waals surface area contributed by atoms with Gasteiger partial charge in [-0.15, -0.1) is 0 Å². The number of fused-ring (bicyclic) bond motifs is 12. The second-order valence-corrected chi connectivity index (χ2v) is 18.8. The second-order valence-electron chi connectivity index (χ2n) is 18.8. The number of pyridine rings is 4. The van der Waals surface area contributed by atoms with Gasteiger partial charge in [0, 0.05) is 55.5 Å². The molecule has 8 bridgehead atoms. The fraction of sp³-hybridized carbons (Fsp3) is 0.375. The van der Waals surface area contributed by atoms with E-state index in [1.807, 2.05) is 36.4 Å². The first kappa shape index (κ1) is 28.4. The van der Waals surface area contributed by atoms with Crippen LogP contribution in [0.5, 0.6) is 0 Å². The summed E-state index contributed by atoms with van der Waals surface area (Å²) in [6, 6.07) is 16.2. The van der Waals surface area contributed by atoms with Crippen molar-refractivity contribution in [3.63, 3.8) is 0 Å². The third kappa shape index (κ3) is 3.09. The van der Waals surface area contributed by atoms with Gasteiger partial charge in [-0.1, -0.05) is 24.3 Å². The number of rotatable bonds is 0. The third-order valence-electron chi connectivity index (χ3n) is 16.2. The van der Waals surface area contributed by atoms with Crippen molar-refractivity contribution in [3.05, 3.63) is 104 Å². The SMILES string of the molecule is O=c1c2ccccc2n2c3ccccc3c(=O)c3c4c5c6c(ncc5n5c7cnc8c(c7c(c1c32)c45)C1CC2CC(CC8C2)C1)C1CC2CC(C1)CC6C2. The van der Waals surface area contributed by atoms with E-state index in [0.717, 1.165) is 67.5 Å². The van der Waals surface area contributed by atoms with Crippen molar-refractivity contribution < 1.29 is 0 Å². The highest BCUT2D eigenvalue weighted by molar-refractivity contribution is 6.39. The molecule has 4 saturated carbocycles. The molecular weight excluding hydrogens is 665 g/mol. The van der Waals surface area contributed by atoms with Gasteiger partial charge in [0.15, 0.2) is 10.9 Å². The second kappa shape index (κ2) is 9.22. The molecule has 17 rings (SSSR count). The van der Waals surface area contributed by atoms with E-state index in [4.69, 9.17) is 9.97 Å². The van der Waals surface area contributed by atoms with E-state index in [1.54, 1.807) is 0 Å². The van der Waals surface area contributed by atoms with E-state index in [-0.39, 0.29) is 10.9 Å². The van der Waals surface area contributed by atoms with Gasteiger partial charge in [-0.25, -0.2) is 0 Å². The minimum Gasteiger partial charge on any atom is -0.307 e. The smallest absolute Gasteiger partial charge is 0.197 e. The van der Waals surface area contributed by atoms with Crippen LogP contribution in [0.2, 0.25) is 0 Å². The van der Waals surface area contributed by atoms with Gasteiger partial charge in [0.1, 0.15) is 0 Å². The molecule has 54 heavy (non-hydrogen) atoms. The number of hydrogen-bond acceptors (Lipinski definition) is 4. The highest BCUT2D eigenvalue weighted by Gasteiger charge is 2.47. The van der Waals surface area contributed by atoms with E-state index in [2.05, 4.69) is 33.3 Å². The van der Waals surface area contributed by atoms with Crippen molar-refractivity contribution in [3.8, 4) is 0 Å². The van der Waals surface area contributed by atoms with Crippen LogP contribution in [0.15, 0.2) is 70.5 Å². The zero-order valence-corrected chi connectivity index (χ0v) is 30.1. The standard InChI is InChI=1S/C48H38N4O2/c53-47-29-5-1-3-7-31(29)51-32-8-4-2-6-30(32)48(54)42-40-38-34(20-50-44-28-17-23-10-24(18-28)14-26(13-23)36(38)44)52-33-19-49-43-27-15-21-9-22(16-27)12-25(11-21)35(43)37(33)39(45(40)52)41(47)46(42)51/h1-8,19-28H,9-18H2. The van der Waals surface area contributed by atoms with Crippen LogP contribution in [0.1, 0.15) is 110 Å². The molecule has 6 heterocycles. The summed E-state index contributed by atoms with van der Waals surface area (Å²) in [6.07, 6.45) is 16.8. The summed E-state index contributed by atoms with van der Waals surface area (Å²) in [7, 11) is 0. The van der Waals surface area contributed by atoms with Crippen LogP contribution in [0, 0.1) is 23.7 Å². The summed E-state index contributed by atoms with van der Waals surface area (Å²) < 4.78 is 4.72. The summed E-state index contributed by atoms with van der Waals surface area (Å²) in [6.45, 7) is 0. The highest BCUT2D eigenvalue weighted by Crippen LogP contribution is 2.61. The molecule has 262 valence electrons. The molecule has 8 aliphatic rings. The number of benzene rings is 3. The van der Waals surface area contributed by atoms with Crippen LogP contribution >= 0.6 is 0 Å². The van der Waals surface area contributed by atoms with Crippen LogP contribution in [-0.4, -0.2) is 18.8 Å². The van der Waals surface area contributed by atoms with Gasteiger partial charge in [0.2, 0.25) is 0 Å². The molecule has 8 aliphatic carbocycles. The number of aromatic nitrogens is 4. The lowest BCUT2D eigenvalue weighted by atomic mass is 9.67. The molecule has 4 atom stereocenters. The van der Waals surface area contributed by atoms with Crippen molar-refractivity contribution in [2.24, 2.45) is 23.7 Å². The largest absolute Gasteiger partial charge is 0.307 e. The van der Waals surface area contributed by atoms with Gasteiger partial charge < -0.3 is 8.80 Å². The molecule has 0 amide bonds.